The molecule has 0 bridgehead atoms. The lowest BCUT2D eigenvalue weighted by molar-refractivity contribution is -0.152. The van der Waals surface area contributed by atoms with Crippen LogP contribution in [0.3, 0.4) is 0 Å². The van der Waals surface area contributed by atoms with Crippen molar-refractivity contribution >= 4 is 23.5 Å². The van der Waals surface area contributed by atoms with E-state index in [4.69, 9.17) is 4.74 Å². The SMILES string of the molecule is CSc1ccc(C(=O)C(C)C(C)CCc2cc(C)c(OC(C)(C)C(=O)O)c(C)c2)cc1. The maximum atomic E-state index is 12.9. The largest absolute Gasteiger partial charge is 0.478 e. The Bertz CT molecular complexity index is 908. The van der Waals surface area contributed by atoms with Gasteiger partial charge in [-0.3, -0.25) is 4.79 Å². The van der Waals surface area contributed by atoms with Crippen LogP contribution in [0.1, 0.15) is 61.2 Å². The van der Waals surface area contributed by atoms with Crippen LogP contribution < -0.4 is 4.74 Å². The summed E-state index contributed by atoms with van der Waals surface area (Å²) in [4.78, 5) is 25.4. The highest BCUT2D eigenvalue weighted by Gasteiger charge is 2.30. The molecule has 1 N–H and O–H groups in total. The van der Waals surface area contributed by atoms with Crippen molar-refractivity contribution in [2.75, 3.05) is 6.26 Å². The number of carbonyl (C=O) groups excluding carboxylic acids is 1. The second-order valence-electron chi connectivity index (χ2n) is 8.87. The van der Waals surface area contributed by atoms with Crippen LogP contribution in [0.15, 0.2) is 41.3 Å². The molecule has 4 nitrogen and oxygen atoms in total. The lowest BCUT2D eigenvalue weighted by Gasteiger charge is -2.25. The van der Waals surface area contributed by atoms with Gasteiger partial charge >= 0.3 is 5.97 Å². The summed E-state index contributed by atoms with van der Waals surface area (Å²) in [5, 5.41) is 9.34. The maximum absolute atomic E-state index is 12.9. The normalized spacial score (nSPS) is 13.5. The van der Waals surface area contributed by atoms with Crippen LogP contribution in [-0.4, -0.2) is 28.7 Å². The molecular weight excluding hydrogens is 408 g/mol. The van der Waals surface area contributed by atoms with Gasteiger partial charge in [-0.15, -0.1) is 11.8 Å². The first-order chi connectivity index (χ1) is 14.5. The molecule has 0 heterocycles. The first-order valence-corrected chi connectivity index (χ1v) is 11.9. The number of thioether (sulfide) groups is 1. The Morgan fingerprint density at radius 1 is 1.06 bits per heavy atom. The summed E-state index contributed by atoms with van der Waals surface area (Å²) in [5.74, 6) is 0.0102. The zero-order valence-corrected chi connectivity index (χ0v) is 20.4. The lowest BCUT2D eigenvalue weighted by atomic mass is 9.84. The van der Waals surface area contributed by atoms with E-state index in [2.05, 4.69) is 19.1 Å². The second kappa shape index (κ2) is 10.4. The van der Waals surface area contributed by atoms with E-state index in [9.17, 15) is 14.7 Å². The highest BCUT2D eigenvalue weighted by atomic mass is 32.2. The van der Waals surface area contributed by atoms with E-state index in [1.54, 1.807) is 25.6 Å². The molecule has 2 aromatic carbocycles. The number of carboxylic acids is 1. The zero-order chi connectivity index (χ0) is 23.3. The smallest absolute Gasteiger partial charge is 0.347 e. The van der Waals surface area contributed by atoms with Crippen molar-refractivity contribution in [2.45, 2.75) is 64.9 Å². The van der Waals surface area contributed by atoms with Crippen LogP contribution in [0.25, 0.3) is 0 Å². The summed E-state index contributed by atoms with van der Waals surface area (Å²) < 4.78 is 5.79. The van der Waals surface area contributed by atoms with Gasteiger partial charge in [-0.25, -0.2) is 4.79 Å². The van der Waals surface area contributed by atoms with Crippen LogP contribution in [0.2, 0.25) is 0 Å². The monoisotopic (exact) mass is 442 g/mol. The minimum atomic E-state index is -1.28. The molecule has 0 aliphatic rings. The molecule has 0 aromatic heterocycles. The standard InChI is InChI=1S/C26H34O4S/c1-16(19(4)23(27)21-10-12-22(31-7)13-11-21)8-9-20-14-17(2)24(18(3)15-20)30-26(5,6)25(28)29/h10-16,19H,8-9H2,1-7H3,(H,28,29). The van der Waals surface area contributed by atoms with E-state index < -0.39 is 11.6 Å². The molecule has 0 amide bonds. The molecule has 0 fully saturated rings. The number of Topliss-reactive ketones (excluding diaryl/α,β-unsaturated/α-hetero) is 1. The van der Waals surface area contributed by atoms with E-state index in [0.717, 1.165) is 34.4 Å². The average molecular weight is 443 g/mol. The van der Waals surface area contributed by atoms with Crippen LogP contribution in [0, 0.1) is 25.7 Å². The van der Waals surface area contributed by atoms with Gasteiger partial charge in [0, 0.05) is 16.4 Å². The van der Waals surface area contributed by atoms with Gasteiger partial charge in [0.1, 0.15) is 5.75 Å². The van der Waals surface area contributed by atoms with Crippen LogP contribution in [-0.2, 0) is 11.2 Å². The van der Waals surface area contributed by atoms with E-state index in [-0.39, 0.29) is 17.6 Å². The molecule has 2 aromatic rings. The molecule has 2 rings (SSSR count). The summed E-state index contributed by atoms with van der Waals surface area (Å²) in [7, 11) is 0. The molecule has 0 radical (unpaired) electrons. The minimum absolute atomic E-state index is 0.0544. The number of benzene rings is 2. The van der Waals surface area contributed by atoms with E-state index in [0.29, 0.717) is 5.75 Å². The van der Waals surface area contributed by atoms with Crippen molar-refractivity contribution in [3.8, 4) is 5.75 Å². The highest BCUT2D eigenvalue weighted by molar-refractivity contribution is 7.98. The third-order valence-corrected chi connectivity index (χ3v) is 6.67. The molecule has 0 saturated heterocycles. The molecule has 0 spiro atoms. The number of carboxylic acid groups (broad SMARTS) is 1. The first-order valence-electron chi connectivity index (χ1n) is 10.7. The van der Waals surface area contributed by atoms with E-state index in [1.165, 1.54) is 5.56 Å². The first kappa shape index (κ1) is 25.0. The average Bonchev–Trinajstić information content (AvgIpc) is 2.73. The van der Waals surface area contributed by atoms with Crippen molar-refractivity contribution < 1.29 is 19.4 Å². The van der Waals surface area contributed by atoms with Gasteiger partial charge < -0.3 is 9.84 Å². The number of hydrogen-bond donors (Lipinski definition) is 1. The quantitative estimate of drug-likeness (QED) is 0.343. The molecule has 31 heavy (non-hydrogen) atoms. The minimum Gasteiger partial charge on any atom is -0.478 e. The van der Waals surface area contributed by atoms with Gasteiger partial charge in [0.15, 0.2) is 11.4 Å². The summed E-state index contributed by atoms with van der Waals surface area (Å²) in [6, 6.07) is 11.9. The molecule has 0 aliphatic carbocycles. The Morgan fingerprint density at radius 3 is 2.10 bits per heavy atom. The number of ketones is 1. The fraction of sp³-hybridized carbons (Fsp3) is 0.462. The third-order valence-electron chi connectivity index (χ3n) is 5.92. The molecule has 5 heteroatoms. The van der Waals surface area contributed by atoms with Crippen LogP contribution in [0.4, 0.5) is 0 Å². The topological polar surface area (TPSA) is 63.6 Å². The summed E-state index contributed by atoms with van der Waals surface area (Å²) in [5.41, 5.74) is 2.51. The van der Waals surface area contributed by atoms with Gasteiger partial charge in [0.25, 0.3) is 0 Å². The summed E-state index contributed by atoms with van der Waals surface area (Å²) in [6.07, 6.45) is 3.78. The number of aryl methyl sites for hydroxylation is 3. The molecule has 0 saturated carbocycles. The Labute approximate surface area is 190 Å². The number of hydrogen-bond acceptors (Lipinski definition) is 4. The highest BCUT2D eigenvalue weighted by Crippen LogP contribution is 2.30. The Balaban J connectivity index is 2.04. The number of aliphatic carboxylic acids is 1. The number of carbonyl (C=O) groups is 2. The van der Waals surface area contributed by atoms with Crippen molar-refractivity contribution in [1.29, 1.82) is 0 Å². The van der Waals surface area contributed by atoms with E-state index in [1.807, 2.05) is 51.3 Å². The van der Waals surface area contributed by atoms with Gasteiger partial charge in [0.2, 0.25) is 0 Å². The summed E-state index contributed by atoms with van der Waals surface area (Å²) >= 11 is 1.67. The van der Waals surface area contributed by atoms with Gasteiger partial charge in [-0.2, -0.15) is 0 Å². The predicted octanol–water partition coefficient (Wildman–Crippen LogP) is 6.36. The van der Waals surface area contributed by atoms with Gasteiger partial charge in [-0.1, -0.05) is 38.1 Å². The lowest BCUT2D eigenvalue weighted by Crippen LogP contribution is -2.38. The zero-order valence-electron chi connectivity index (χ0n) is 19.6. The Hall–Kier alpha value is -2.27. The number of rotatable bonds is 10. The fourth-order valence-electron chi connectivity index (χ4n) is 3.57. The van der Waals surface area contributed by atoms with Crippen molar-refractivity contribution in [3.63, 3.8) is 0 Å². The van der Waals surface area contributed by atoms with Crippen molar-refractivity contribution in [2.24, 2.45) is 11.8 Å². The van der Waals surface area contributed by atoms with E-state index >= 15 is 0 Å². The van der Waals surface area contributed by atoms with Crippen molar-refractivity contribution in [3.05, 3.63) is 58.7 Å². The molecule has 2 atom stereocenters. The molecule has 168 valence electrons. The van der Waals surface area contributed by atoms with Crippen molar-refractivity contribution in [1.82, 2.24) is 0 Å². The Morgan fingerprint density at radius 2 is 1.61 bits per heavy atom. The molecular formula is C26H34O4S. The van der Waals surface area contributed by atoms with Gasteiger partial charge in [-0.05, 0) is 81.5 Å². The third kappa shape index (κ3) is 6.36. The fourth-order valence-corrected chi connectivity index (χ4v) is 3.97. The molecule has 2 unspecified atom stereocenters. The summed E-state index contributed by atoms with van der Waals surface area (Å²) in [6.45, 7) is 11.1. The predicted molar refractivity (Wildman–Crippen MR) is 127 cm³/mol. The van der Waals surface area contributed by atoms with Crippen LogP contribution in [0.5, 0.6) is 5.75 Å². The van der Waals surface area contributed by atoms with Crippen LogP contribution >= 0.6 is 11.8 Å². The molecule has 0 aliphatic heterocycles. The maximum Gasteiger partial charge on any atom is 0.347 e. The van der Waals surface area contributed by atoms with Gasteiger partial charge in [0.05, 0.1) is 0 Å². The number of ether oxygens (including phenoxy) is 1. The second-order valence-corrected chi connectivity index (χ2v) is 9.75. The Kier molecular flexibility index (Phi) is 8.35.